The van der Waals surface area contributed by atoms with Gasteiger partial charge >= 0.3 is 0 Å². The summed E-state index contributed by atoms with van der Waals surface area (Å²) in [6, 6.07) is 22.2. The number of hydrogen-bond donors (Lipinski definition) is 2. The van der Waals surface area contributed by atoms with Crippen LogP contribution in [0.15, 0.2) is 83.5 Å². The highest BCUT2D eigenvalue weighted by atomic mass is 79.9. The molecule has 6 heteroatoms. The van der Waals surface area contributed by atoms with E-state index in [1.54, 1.807) is 35.2 Å². The molecule has 160 valence electrons. The van der Waals surface area contributed by atoms with Crippen LogP contribution < -0.4 is 4.90 Å². The fraction of sp³-hybridized carbons (Fsp3) is 0.154. The molecule has 4 aromatic rings. The van der Waals surface area contributed by atoms with Crippen molar-refractivity contribution in [3.8, 4) is 0 Å². The number of anilines is 1. The Labute approximate surface area is 193 Å². The van der Waals surface area contributed by atoms with Crippen LogP contribution in [-0.2, 0) is 16.8 Å². The monoisotopic (exact) mass is 488 g/mol. The van der Waals surface area contributed by atoms with Gasteiger partial charge in [-0.05, 0) is 36.2 Å². The SMILES string of the molecule is O=C(C[C@]1(O)C(=O)N(CCc2c[nH]c3ccccc23)c2ccccc21)c1cccc(Br)c1. The predicted molar refractivity (Wildman–Crippen MR) is 128 cm³/mol. The molecule has 1 atom stereocenters. The molecule has 1 amide bonds. The van der Waals surface area contributed by atoms with E-state index in [0.29, 0.717) is 29.8 Å². The van der Waals surface area contributed by atoms with E-state index in [4.69, 9.17) is 0 Å². The van der Waals surface area contributed by atoms with Gasteiger partial charge in [0.1, 0.15) is 0 Å². The number of halogens is 1. The number of Topliss-reactive ketones (excluding diaryl/α,β-unsaturated/α-hetero) is 1. The first-order chi connectivity index (χ1) is 15.5. The Balaban J connectivity index is 1.43. The molecule has 0 aliphatic carbocycles. The van der Waals surface area contributed by atoms with Crippen LogP contribution in [0.1, 0.15) is 27.9 Å². The predicted octanol–water partition coefficient (Wildman–Crippen LogP) is 4.98. The normalized spacial score (nSPS) is 17.7. The van der Waals surface area contributed by atoms with Crippen molar-refractivity contribution >= 4 is 44.2 Å². The lowest BCUT2D eigenvalue weighted by molar-refractivity contribution is -0.135. The van der Waals surface area contributed by atoms with Crippen molar-refractivity contribution in [1.29, 1.82) is 0 Å². The Morgan fingerprint density at radius 1 is 1.03 bits per heavy atom. The van der Waals surface area contributed by atoms with Crippen molar-refractivity contribution in [3.05, 3.63) is 100 Å². The van der Waals surface area contributed by atoms with Gasteiger partial charge in [0, 0.05) is 39.2 Å². The van der Waals surface area contributed by atoms with E-state index >= 15 is 0 Å². The number of nitrogens with one attached hydrogen (secondary N) is 1. The Kier molecular flexibility index (Phi) is 5.19. The van der Waals surface area contributed by atoms with Gasteiger partial charge in [-0.1, -0.05) is 64.5 Å². The zero-order valence-electron chi connectivity index (χ0n) is 17.2. The van der Waals surface area contributed by atoms with Crippen LogP contribution in [0.5, 0.6) is 0 Å². The number of hydrogen-bond acceptors (Lipinski definition) is 3. The fourth-order valence-electron chi connectivity index (χ4n) is 4.47. The molecule has 0 fully saturated rings. The number of aromatic amines is 1. The summed E-state index contributed by atoms with van der Waals surface area (Å²) in [5.41, 5.74) is 1.86. The van der Waals surface area contributed by atoms with Crippen LogP contribution in [0.25, 0.3) is 10.9 Å². The van der Waals surface area contributed by atoms with Gasteiger partial charge in [-0.25, -0.2) is 0 Å². The summed E-state index contributed by atoms with van der Waals surface area (Å²) in [5.74, 6) is -0.739. The zero-order valence-corrected chi connectivity index (χ0v) is 18.8. The number of nitrogens with zero attached hydrogens (tertiary/aromatic N) is 1. The molecule has 1 aliphatic rings. The number of aromatic nitrogens is 1. The highest BCUT2D eigenvalue weighted by Gasteiger charge is 2.50. The van der Waals surface area contributed by atoms with Crippen LogP contribution in [0, 0.1) is 0 Å². The van der Waals surface area contributed by atoms with Crippen molar-refractivity contribution in [2.45, 2.75) is 18.4 Å². The highest BCUT2D eigenvalue weighted by molar-refractivity contribution is 9.10. The largest absolute Gasteiger partial charge is 0.375 e. The molecule has 0 spiro atoms. The first-order valence-electron chi connectivity index (χ1n) is 10.4. The quantitative estimate of drug-likeness (QED) is 0.376. The molecule has 0 saturated carbocycles. The number of aliphatic hydroxyl groups is 1. The molecule has 3 aromatic carbocycles. The molecule has 0 bridgehead atoms. The standard InChI is InChI=1S/C26H21BrN2O3/c27-19-7-5-6-17(14-19)24(30)15-26(32)21-9-2-4-11-23(21)29(25(26)31)13-12-18-16-28-22-10-3-1-8-20(18)22/h1-11,14,16,28,32H,12-13,15H2/t26-/m1/s1. The Morgan fingerprint density at radius 3 is 2.66 bits per heavy atom. The number of ketones is 1. The van der Waals surface area contributed by atoms with Crippen LogP contribution in [0.3, 0.4) is 0 Å². The van der Waals surface area contributed by atoms with Gasteiger partial charge in [0.15, 0.2) is 11.4 Å². The number of benzene rings is 3. The van der Waals surface area contributed by atoms with Crippen LogP contribution >= 0.6 is 15.9 Å². The molecule has 0 saturated heterocycles. The van der Waals surface area contributed by atoms with Gasteiger partial charge in [0.05, 0.1) is 12.1 Å². The number of carbonyl (C=O) groups is 2. The maximum Gasteiger partial charge on any atom is 0.264 e. The van der Waals surface area contributed by atoms with Crippen molar-refractivity contribution in [2.24, 2.45) is 0 Å². The first-order valence-corrected chi connectivity index (χ1v) is 11.2. The van der Waals surface area contributed by atoms with Gasteiger partial charge in [-0.3, -0.25) is 9.59 Å². The van der Waals surface area contributed by atoms with Crippen molar-refractivity contribution in [2.75, 3.05) is 11.4 Å². The van der Waals surface area contributed by atoms with E-state index in [9.17, 15) is 14.7 Å². The number of rotatable bonds is 6. The molecule has 1 aromatic heterocycles. The zero-order chi connectivity index (χ0) is 22.3. The second kappa shape index (κ2) is 8.04. The Hall–Kier alpha value is -3.22. The average Bonchev–Trinajstić information content (AvgIpc) is 3.30. The maximum absolute atomic E-state index is 13.4. The molecule has 0 radical (unpaired) electrons. The summed E-state index contributed by atoms with van der Waals surface area (Å²) >= 11 is 3.37. The molecule has 1 aliphatic heterocycles. The van der Waals surface area contributed by atoms with Crippen LogP contribution in [0.2, 0.25) is 0 Å². The summed E-state index contributed by atoms with van der Waals surface area (Å²) in [7, 11) is 0. The second-order valence-corrected chi connectivity index (χ2v) is 8.97. The van der Waals surface area contributed by atoms with E-state index in [2.05, 4.69) is 20.9 Å². The number of para-hydroxylation sites is 2. The number of amides is 1. The molecular weight excluding hydrogens is 468 g/mol. The molecule has 2 N–H and O–H groups in total. The smallest absolute Gasteiger partial charge is 0.264 e. The Morgan fingerprint density at radius 2 is 1.81 bits per heavy atom. The summed E-state index contributed by atoms with van der Waals surface area (Å²) in [6.07, 6.45) is 2.28. The third-order valence-corrected chi connectivity index (χ3v) is 6.58. The molecule has 5 nitrogen and oxygen atoms in total. The second-order valence-electron chi connectivity index (χ2n) is 8.05. The summed E-state index contributed by atoms with van der Waals surface area (Å²) < 4.78 is 0.772. The molecule has 2 heterocycles. The van der Waals surface area contributed by atoms with Crippen molar-refractivity contribution < 1.29 is 14.7 Å². The van der Waals surface area contributed by atoms with Crippen LogP contribution in [0.4, 0.5) is 5.69 Å². The number of H-pyrrole nitrogens is 1. The molecular formula is C26H21BrN2O3. The molecule has 5 rings (SSSR count). The van der Waals surface area contributed by atoms with Gasteiger partial charge in [-0.2, -0.15) is 0 Å². The van der Waals surface area contributed by atoms with Crippen molar-refractivity contribution in [3.63, 3.8) is 0 Å². The lowest BCUT2D eigenvalue weighted by Crippen LogP contribution is -2.42. The van der Waals surface area contributed by atoms with E-state index in [-0.39, 0.29) is 12.2 Å². The van der Waals surface area contributed by atoms with Crippen molar-refractivity contribution in [1.82, 2.24) is 4.98 Å². The summed E-state index contributed by atoms with van der Waals surface area (Å²) in [4.78, 5) is 31.3. The molecule has 0 unspecified atom stereocenters. The number of fused-ring (bicyclic) bond motifs is 2. The minimum absolute atomic E-state index is 0.282. The Bertz CT molecular complexity index is 1350. The van der Waals surface area contributed by atoms with Gasteiger partial charge in [0.25, 0.3) is 5.91 Å². The lowest BCUT2D eigenvalue weighted by Gasteiger charge is -2.23. The van der Waals surface area contributed by atoms with E-state index in [1.807, 2.05) is 48.7 Å². The van der Waals surface area contributed by atoms with E-state index < -0.39 is 11.5 Å². The number of carbonyl (C=O) groups excluding carboxylic acids is 2. The minimum Gasteiger partial charge on any atom is -0.375 e. The van der Waals surface area contributed by atoms with Crippen LogP contribution in [-0.4, -0.2) is 28.3 Å². The summed E-state index contributed by atoms with van der Waals surface area (Å²) in [5, 5.41) is 12.6. The van der Waals surface area contributed by atoms with E-state index in [0.717, 1.165) is 20.9 Å². The third-order valence-electron chi connectivity index (χ3n) is 6.08. The van der Waals surface area contributed by atoms with Gasteiger partial charge in [0.2, 0.25) is 0 Å². The summed E-state index contributed by atoms with van der Waals surface area (Å²) in [6.45, 7) is 0.408. The average molecular weight is 489 g/mol. The highest BCUT2D eigenvalue weighted by Crippen LogP contribution is 2.43. The third kappa shape index (κ3) is 3.45. The first kappa shape index (κ1) is 20.7. The molecule has 32 heavy (non-hydrogen) atoms. The van der Waals surface area contributed by atoms with E-state index in [1.165, 1.54) is 0 Å². The fourth-order valence-corrected chi connectivity index (χ4v) is 4.87. The maximum atomic E-state index is 13.4. The van der Waals surface area contributed by atoms with Gasteiger partial charge in [-0.15, -0.1) is 0 Å². The minimum atomic E-state index is -1.88. The topological polar surface area (TPSA) is 73.4 Å². The van der Waals surface area contributed by atoms with Gasteiger partial charge < -0.3 is 15.0 Å². The lowest BCUT2D eigenvalue weighted by atomic mass is 9.88.